The Kier molecular flexibility index (Phi) is 4.48. The molecule has 0 N–H and O–H groups in total. The third kappa shape index (κ3) is 3.24. The molecule has 2 aromatic rings. The number of thiophene rings is 1. The molecule has 0 amide bonds. The fraction of sp³-hybridized carbons (Fsp3) is 0.231. The second-order valence-electron chi connectivity index (χ2n) is 3.89. The van der Waals surface area contributed by atoms with Crippen molar-refractivity contribution in [3.05, 3.63) is 50.6 Å². The molecule has 0 atom stereocenters. The lowest BCUT2D eigenvalue weighted by molar-refractivity contribution is 0.919. The zero-order valence-electron chi connectivity index (χ0n) is 9.49. The summed E-state index contributed by atoms with van der Waals surface area (Å²) < 4.78 is 1.08. The molecule has 0 bridgehead atoms. The minimum absolute atomic E-state index is 0.538. The van der Waals surface area contributed by atoms with Crippen LogP contribution in [-0.2, 0) is 12.4 Å². The lowest BCUT2D eigenvalue weighted by Crippen LogP contribution is -2.17. The van der Waals surface area contributed by atoms with Crippen molar-refractivity contribution in [2.75, 3.05) is 11.9 Å². The molecule has 0 saturated carbocycles. The van der Waals surface area contributed by atoms with Gasteiger partial charge in [0.2, 0.25) is 0 Å². The number of alkyl halides is 1. The predicted molar refractivity (Wildman–Crippen MR) is 80.1 cm³/mol. The molecule has 0 aliphatic carbocycles. The smallest absolute Gasteiger partial charge is 0.0494 e. The Bertz CT molecular complexity index is 484. The zero-order valence-corrected chi connectivity index (χ0v) is 12.6. The molecule has 17 heavy (non-hydrogen) atoms. The Morgan fingerprint density at radius 1 is 1.35 bits per heavy atom. The predicted octanol–water partition coefficient (Wildman–Crippen LogP) is 4.89. The van der Waals surface area contributed by atoms with E-state index in [9.17, 15) is 0 Å². The molecule has 0 unspecified atom stereocenters. The SMILES string of the molecule is CN(Cc1ccsc1)c1cc(Br)ccc1CCl. The van der Waals surface area contributed by atoms with E-state index in [-0.39, 0.29) is 0 Å². The quantitative estimate of drug-likeness (QED) is 0.722. The van der Waals surface area contributed by atoms with Gasteiger partial charge in [0.25, 0.3) is 0 Å². The summed E-state index contributed by atoms with van der Waals surface area (Å²) in [7, 11) is 2.09. The standard InChI is InChI=1S/C13H13BrClNS/c1-16(8-10-4-5-17-9-10)13-6-12(14)3-2-11(13)7-15/h2-6,9H,7-8H2,1H3. The molecule has 0 saturated heterocycles. The van der Waals surface area contributed by atoms with Gasteiger partial charge in [-0.15, -0.1) is 11.6 Å². The summed E-state index contributed by atoms with van der Waals surface area (Å²) >= 11 is 11.2. The van der Waals surface area contributed by atoms with E-state index in [1.807, 2.05) is 6.07 Å². The average Bonchev–Trinajstić information content (AvgIpc) is 2.81. The van der Waals surface area contributed by atoms with Gasteiger partial charge in [-0.25, -0.2) is 0 Å². The fourth-order valence-corrected chi connectivity index (χ4v) is 2.98. The van der Waals surface area contributed by atoms with Crippen LogP contribution in [0.3, 0.4) is 0 Å². The molecular formula is C13H13BrClNS. The molecule has 4 heteroatoms. The van der Waals surface area contributed by atoms with Crippen molar-refractivity contribution in [2.24, 2.45) is 0 Å². The van der Waals surface area contributed by atoms with E-state index in [1.165, 1.54) is 11.3 Å². The van der Waals surface area contributed by atoms with Crippen molar-refractivity contribution < 1.29 is 0 Å². The molecule has 0 aliphatic heterocycles. The van der Waals surface area contributed by atoms with Crippen LogP contribution in [0.4, 0.5) is 5.69 Å². The molecule has 0 radical (unpaired) electrons. The molecule has 0 fully saturated rings. The summed E-state index contributed by atoms with van der Waals surface area (Å²) in [5.41, 5.74) is 3.67. The third-order valence-corrected chi connectivity index (χ3v) is 4.12. The van der Waals surface area contributed by atoms with Crippen molar-refractivity contribution in [1.82, 2.24) is 0 Å². The van der Waals surface area contributed by atoms with E-state index in [4.69, 9.17) is 11.6 Å². The molecule has 90 valence electrons. The van der Waals surface area contributed by atoms with Crippen LogP contribution in [-0.4, -0.2) is 7.05 Å². The maximum atomic E-state index is 5.97. The monoisotopic (exact) mass is 329 g/mol. The maximum absolute atomic E-state index is 5.97. The van der Waals surface area contributed by atoms with E-state index < -0.39 is 0 Å². The van der Waals surface area contributed by atoms with Crippen molar-refractivity contribution in [1.29, 1.82) is 0 Å². The molecule has 2 rings (SSSR count). The van der Waals surface area contributed by atoms with Crippen LogP contribution in [0, 0.1) is 0 Å². The minimum atomic E-state index is 0.538. The van der Waals surface area contributed by atoms with Gasteiger partial charge in [-0.1, -0.05) is 22.0 Å². The Hall–Kier alpha value is -0.510. The van der Waals surface area contributed by atoms with E-state index in [1.54, 1.807) is 11.3 Å². The Labute approximate surface area is 119 Å². The maximum Gasteiger partial charge on any atom is 0.0494 e. The number of hydrogen-bond acceptors (Lipinski definition) is 2. The molecule has 0 spiro atoms. The van der Waals surface area contributed by atoms with Crippen molar-refractivity contribution in [3.8, 4) is 0 Å². The van der Waals surface area contributed by atoms with Crippen molar-refractivity contribution in [2.45, 2.75) is 12.4 Å². The van der Waals surface area contributed by atoms with E-state index >= 15 is 0 Å². The lowest BCUT2D eigenvalue weighted by Gasteiger charge is -2.21. The van der Waals surface area contributed by atoms with Crippen LogP contribution in [0.5, 0.6) is 0 Å². The second-order valence-corrected chi connectivity index (χ2v) is 5.86. The van der Waals surface area contributed by atoms with Gasteiger partial charge in [-0.05, 0) is 40.1 Å². The minimum Gasteiger partial charge on any atom is -0.370 e. The van der Waals surface area contributed by atoms with Gasteiger partial charge in [0.1, 0.15) is 0 Å². The molecule has 1 aromatic carbocycles. The van der Waals surface area contributed by atoms with Gasteiger partial charge in [0.05, 0.1) is 0 Å². The molecular weight excluding hydrogens is 318 g/mol. The normalized spacial score (nSPS) is 10.5. The number of rotatable bonds is 4. The van der Waals surface area contributed by atoms with E-state index in [2.05, 4.69) is 56.8 Å². The number of benzene rings is 1. The Morgan fingerprint density at radius 2 is 2.18 bits per heavy atom. The summed E-state index contributed by atoms with van der Waals surface area (Å²) in [5, 5.41) is 4.28. The topological polar surface area (TPSA) is 3.24 Å². The highest BCUT2D eigenvalue weighted by Crippen LogP contribution is 2.27. The number of halogens is 2. The van der Waals surface area contributed by atoms with Gasteiger partial charge in [0, 0.05) is 29.6 Å². The van der Waals surface area contributed by atoms with Crippen LogP contribution in [0.1, 0.15) is 11.1 Å². The van der Waals surface area contributed by atoms with Gasteiger partial charge < -0.3 is 4.90 Å². The second kappa shape index (κ2) is 5.89. The molecule has 1 heterocycles. The third-order valence-electron chi connectivity index (χ3n) is 2.60. The Balaban J connectivity index is 2.23. The summed E-state index contributed by atoms with van der Waals surface area (Å²) in [4.78, 5) is 2.23. The van der Waals surface area contributed by atoms with E-state index in [0.29, 0.717) is 5.88 Å². The van der Waals surface area contributed by atoms with Crippen molar-refractivity contribution in [3.63, 3.8) is 0 Å². The first-order chi connectivity index (χ1) is 8.20. The lowest BCUT2D eigenvalue weighted by atomic mass is 10.1. The molecule has 1 aromatic heterocycles. The molecule has 1 nitrogen and oxygen atoms in total. The number of anilines is 1. The van der Waals surface area contributed by atoms with Crippen molar-refractivity contribution >= 4 is 44.6 Å². The summed E-state index contributed by atoms with van der Waals surface area (Å²) in [6, 6.07) is 8.36. The first kappa shape index (κ1) is 12.9. The Morgan fingerprint density at radius 3 is 2.82 bits per heavy atom. The van der Waals surface area contributed by atoms with Crippen LogP contribution >= 0.6 is 38.9 Å². The van der Waals surface area contributed by atoms with Crippen LogP contribution in [0.15, 0.2) is 39.5 Å². The van der Waals surface area contributed by atoms with Crippen LogP contribution in [0.25, 0.3) is 0 Å². The van der Waals surface area contributed by atoms with Gasteiger partial charge in [0.15, 0.2) is 0 Å². The van der Waals surface area contributed by atoms with Gasteiger partial charge >= 0.3 is 0 Å². The van der Waals surface area contributed by atoms with Crippen LogP contribution in [0.2, 0.25) is 0 Å². The average molecular weight is 331 g/mol. The van der Waals surface area contributed by atoms with Gasteiger partial charge in [-0.3, -0.25) is 0 Å². The summed E-state index contributed by atoms with van der Waals surface area (Å²) in [6.45, 7) is 0.907. The van der Waals surface area contributed by atoms with E-state index in [0.717, 1.165) is 16.6 Å². The highest BCUT2D eigenvalue weighted by atomic mass is 79.9. The fourth-order valence-electron chi connectivity index (χ4n) is 1.75. The number of nitrogens with zero attached hydrogens (tertiary/aromatic N) is 1. The number of hydrogen-bond donors (Lipinski definition) is 0. The van der Waals surface area contributed by atoms with Crippen LogP contribution < -0.4 is 4.90 Å². The first-order valence-electron chi connectivity index (χ1n) is 5.27. The highest BCUT2D eigenvalue weighted by molar-refractivity contribution is 9.10. The molecule has 0 aliphatic rings. The van der Waals surface area contributed by atoms with Gasteiger partial charge in [-0.2, -0.15) is 11.3 Å². The first-order valence-corrected chi connectivity index (χ1v) is 7.54. The zero-order chi connectivity index (χ0) is 12.3. The highest BCUT2D eigenvalue weighted by Gasteiger charge is 2.08. The summed E-state index contributed by atoms with van der Waals surface area (Å²) in [6.07, 6.45) is 0. The largest absolute Gasteiger partial charge is 0.370 e. The summed E-state index contributed by atoms with van der Waals surface area (Å²) in [5.74, 6) is 0.538.